The molecular weight excluding hydrogens is 146 g/mol. The zero-order valence-corrected chi connectivity index (χ0v) is 8.35. The van der Waals surface area contributed by atoms with Crippen LogP contribution in [0.4, 0.5) is 0 Å². The average molecular weight is 171 g/mol. The molecule has 74 valence electrons. The molecule has 1 nitrogen and oxygen atoms in total. The minimum Gasteiger partial charge on any atom is -0.296 e. The maximum absolute atomic E-state index is 2.62. The van der Waals surface area contributed by atoms with Crippen LogP contribution in [0, 0.1) is 0 Å². The topological polar surface area (TPSA) is 3.24 Å². The van der Waals surface area contributed by atoms with Gasteiger partial charge < -0.3 is 0 Å². The minimum absolute atomic E-state index is 0. The van der Waals surface area contributed by atoms with Crippen LogP contribution < -0.4 is 0 Å². The van der Waals surface area contributed by atoms with E-state index in [9.17, 15) is 0 Å². The summed E-state index contributed by atoms with van der Waals surface area (Å²) in [6, 6.07) is 0.795. The second kappa shape index (κ2) is 4.27. The van der Waals surface area contributed by atoms with E-state index in [1.807, 2.05) is 0 Å². The van der Waals surface area contributed by atoms with E-state index in [-0.39, 0.29) is 7.43 Å². The summed E-state index contributed by atoms with van der Waals surface area (Å²) in [5.74, 6) is 0. The predicted molar refractivity (Wildman–Crippen MR) is 56.5 cm³/mol. The monoisotopic (exact) mass is 171 g/mol. The van der Waals surface area contributed by atoms with Crippen molar-refractivity contribution in [3.8, 4) is 0 Å². The Kier molecular flexibility index (Phi) is 4.25. The Morgan fingerprint density at radius 1 is 1.17 bits per heavy atom. The fraction of sp³-hybridized carbons (Fsp3) is 1.00. The first-order valence-corrected chi connectivity index (χ1v) is 4.78. The van der Waals surface area contributed by atoms with Crippen LogP contribution in [0.2, 0.25) is 0 Å². The van der Waals surface area contributed by atoms with Gasteiger partial charge >= 0.3 is 0 Å². The van der Waals surface area contributed by atoms with E-state index in [1.165, 1.54) is 25.8 Å². The first kappa shape index (κ1) is 12.0. The molecule has 1 rings (SSSR count). The third kappa shape index (κ3) is 2.78. The van der Waals surface area contributed by atoms with Gasteiger partial charge in [-0.3, -0.25) is 4.90 Å². The third-order valence-electron chi connectivity index (χ3n) is 2.66. The molecule has 12 heavy (non-hydrogen) atoms. The van der Waals surface area contributed by atoms with Crippen molar-refractivity contribution >= 4 is 0 Å². The summed E-state index contributed by atoms with van der Waals surface area (Å²) in [6.45, 7) is 10.6. The summed E-state index contributed by atoms with van der Waals surface area (Å²) in [7, 11) is 0. The van der Waals surface area contributed by atoms with Gasteiger partial charge in [0.1, 0.15) is 0 Å². The molecule has 1 heterocycles. The van der Waals surface area contributed by atoms with Crippen molar-refractivity contribution < 1.29 is 0 Å². The molecule has 1 fully saturated rings. The Hall–Kier alpha value is -0.0400. The van der Waals surface area contributed by atoms with Gasteiger partial charge in [0.25, 0.3) is 0 Å². The van der Waals surface area contributed by atoms with Gasteiger partial charge in [-0.15, -0.1) is 0 Å². The molecule has 1 aliphatic heterocycles. The lowest BCUT2D eigenvalue weighted by molar-refractivity contribution is 0.0609. The molecule has 0 spiro atoms. The fourth-order valence-electron chi connectivity index (χ4n) is 2.09. The number of rotatable bonds is 0. The van der Waals surface area contributed by atoms with Crippen molar-refractivity contribution in [2.75, 3.05) is 6.54 Å². The van der Waals surface area contributed by atoms with E-state index >= 15 is 0 Å². The van der Waals surface area contributed by atoms with Crippen LogP contribution in [0.25, 0.3) is 0 Å². The van der Waals surface area contributed by atoms with Crippen LogP contribution in [0.1, 0.15) is 54.4 Å². The molecular formula is C11H25N. The van der Waals surface area contributed by atoms with Gasteiger partial charge in [0, 0.05) is 11.6 Å². The van der Waals surface area contributed by atoms with Gasteiger partial charge in [0.15, 0.2) is 0 Å². The van der Waals surface area contributed by atoms with E-state index < -0.39 is 0 Å². The zero-order chi connectivity index (χ0) is 8.48. The van der Waals surface area contributed by atoms with E-state index in [4.69, 9.17) is 0 Å². The Labute approximate surface area is 78.1 Å². The highest BCUT2D eigenvalue weighted by atomic mass is 15.2. The Balaban J connectivity index is 0.00000121. The Bertz CT molecular complexity index is 123. The van der Waals surface area contributed by atoms with Gasteiger partial charge in [-0.05, 0) is 47.1 Å². The molecule has 1 saturated heterocycles. The molecule has 0 aromatic carbocycles. The molecule has 1 unspecified atom stereocenters. The second-order valence-corrected chi connectivity index (χ2v) is 4.71. The van der Waals surface area contributed by atoms with Crippen LogP contribution in [0.5, 0.6) is 0 Å². The lowest BCUT2D eigenvalue weighted by Crippen LogP contribution is -2.49. The Morgan fingerprint density at radius 3 is 2.08 bits per heavy atom. The van der Waals surface area contributed by atoms with E-state index in [0.29, 0.717) is 5.54 Å². The highest BCUT2D eigenvalue weighted by Crippen LogP contribution is 2.24. The standard InChI is InChI=1S/C10H21N.CH4/c1-9-7-5-6-8-11(9)10(2,3)4;/h9H,5-8H2,1-4H3;1H4. The largest absolute Gasteiger partial charge is 0.296 e. The fourth-order valence-corrected chi connectivity index (χ4v) is 2.09. The van der Waals surface area contributed by atoms with E-state index in [2.05, 4.69) is 32.6 Å². The number of piperidine rings is 1. The lowest BCUT2D eigenvalue weighted by Gasteiger charge is -2.43. The SMILES string of the molecule is C.CC1CCCCN1C(C)(C)C. The summed E-state index contributed by atoms with van der Waals surface area (Å²) < 4.78 is 0. The quantitative estimate of drug-likeness (QED) is 0.540. The summed E-state index contributed by atoms with van der Waals surface area (Å²) in [5.41, 5.74) is 0.375. The number of hydrogen-bond donors (Lipinski definition) is 0. The van der Waals surface area contributed by atoms with Gasteiger partial charge in [0.2, 0.25) is 0 Å². The van der Waals surface area contributed by atoms with Gasteiger partial charge in [-0.1, -0.05) is 13.8 Å². The molecule has 1 atom stereocenters. The normalized spacial score (nSPS) is 26.5. The molecule has 0 amide bonds. The zero-order valence-electron chi connectivity index (χ0n) is 8.35. The van der Waals surface area contributed by atoms with Crippen molar-refractivity contribution in [1.29, 1.82) is 0 Å². The predicted octanol–water partition coefficient (Wildman–Crippen LogP) is 3.30. The van der Waals surface area contributed by atoms with Gasteiger partial charge in [-0.2, -0.15) is 0 Å². The Morgan fingerprint density at radius 2 is 1.75 bits per heavy atom. The van der Waals surface area contributed by atoms with Crippen molar-refractivity contribution in [2.45, 2.75) is 66.0 Å². The number of hydrogen-bond acceptors (Lipinski definition) is 1. The smallest absolute Gasteiger partial charge is 0.0127 e. The van der Waals surface area contributed by atoms with Crippen LogP contribution in [0.15, 0.2) is 0 Å². The molecule has 0 aromatic heterocycles. The molecule has 1 aliphatic rings. The molecule has 0 bridgehead atoms. The van der Waals surface area contributed by atoms with E-state index in [0.717, 1.165) is 6.04 Å². The molecule has 0 N–H and O–H groups in total. The maximum Gasteiger partial charge on any atom is 0.0127 e. The van der Waals surface area contributed by atoms with E-state index in [1.54, 1.807) is 0 Å². The number of likely N-dealkylation sites (tertiary alicyclic amines) is 1. The van der Waals surface area contributed by atoms with Crippen molar-refractivity contribution in [3.63, 3.8) is 0 Å². The van der Waals surface area contributed by atoms with Crippen molar-refractivity contribution in [2.24, 2.45) is 0 Å². The molecule has 0 aliphatic carbocycles. The second-order valence-electron chi connectivity index (χ2n) is 4.71. The highest BCUT2D eigenvalue weighted by molar-refractivity contribution is 4.83. The van der Waals surface area contributed by atoms with Crippen molar-refractivity contribution in [3.05, 3.63) is 0 Å². The molecule has 0 saturated carbocycles. The first-order chi connectivity index (χ1) is 5.02. The first-order valence-electron chi connectivity index (χ1n) is 4.78. The average Bonchev–Trinajstić information content (AvgIpc) is 1.86. The summed E-state index contributed by atoms with van der Waals surface area (Å²) in [6.07, 6.45) is 4.20. The highest BCUT2D eigenvalue weighted by Gasteiger charge is 2.27. The van der Waals surface area contributed by atoms with Crippen LogP contribution in [-0.4, -0.2) is 23.0 Å². The van der Waals surface area contributed by atoms with Gasteiger partial charge in [-0.25, -0.2) is 0 Å². The van der Waals surface area contributed by atoms with Crippen molar-refractivity contribution in [1.82, 2.24) is 4.90 Å². The summed E-state index contributed by atoms with van der Waals surface area (Å²) in [5, 5.41) is 0. The minimum atomic E-state index is 0. The van der Waals surface area contributed by atoms with Crippen LogP contribution in [-0.2, 0) is 0 Å². The lowest BCUT2D eigenvalue weighted by atomic mass is 9.96. The maximum atomic E-state index is 2.62. The molecule has 1 heteroatoms. The summed E-state index contributed by atoms with van der Waals surface area (Å²) >= 11 is 0. The summed E-state index contributed by atoms with van der Waals surface area (Å²) in [4.78, 5) is 2.62. The van der Waals surface area contributed by atoms with Crippen LogP contribution >= 0.6 is 0 Å². The van der Waals surface area contributed by atoms with Gasteiger partial charge in [0.05, 0.1) is 0 Å². The molecule has 0 radical (unpaired) electrons. The third-order valence-corrected chi connectivity index (χ3v) is 2.66. The molecule has 0 aromatic rings. The van der Waals surface area contributed by atoms with Crippen LogP contribution in [0.3, 0.4) is 0 Å². The number of nitrogens with zero attached hydrogens (tertiary/aromatic N) is 1.